The maximum Gasteiger partial charge on any atom is 0.266 e. The van der Waals surface area contributed by atoms with Crippen molar-refractivity contribution in [3.63, 3.8) is 0 Å². The molecule has 5 nitrogen and oxygen atoms in total. The lowest BCUT2D eigenvalue weighted by atomic mass is 10.0. The largest absolute Gasteiger partial charge is 0.332 e. The standard InChI is InChI=1S/C8H13N5/c1-2-6-4-5-7(3-1)13(6)8-9-11-12-10-8/h6-7H,1-5H2,(H,9,10,11,12). The van der Waals surface area contributed by atoms with Crippen molar-refractivity contribution in [3.8, 4) is 0 Å². The Labute approximate surface area is 76.5 Å². The molecule has 2 atom stereocenters. The molecular formula is C8H13N5. The van der Waals surface area contributed by atoms with Crippen molar-refractivity contribution >= 4 is 5.95 Å². The van der Waals surface area contributed by atoms with Gasteiger partial charge in [-0.2, -0.15) is 5.21 Å². The maximum absolute atomic E-state index is 4.06. The van der Waals surface area contributed by atoms with E-state index in [1.54, 1.807) is 0 Å². The summed E-state index contributed by atoms with van der Waals surface area (Å²) in [6, 6.07) is 1.35. The molecule has 3 rings (SSSR count). The highest BCUT2D eigenvalue weighted by atomic mass is 15.5. The molecular weight excluding hydrogens is 166 g/mol. The zero-order chi connectivity index (χ0) is 8.67. The molecule has 2 unspecified atom stereocenters. The van der Waals surface area contributed by atoms with Gasteiger partial charge in [0.05, 0.1) is 0 Å². The molecule has 2 saturated heterocycles. The van der Waals surface area contributed by atoms with Gasteiger partial charge in [-0.15, -0.1) is 5.10 Å². The summed E-state index contributed by atoms with van der Waals surface area (Å²) in [5.41, 5.74) is 0. The van der Waals surface area contributed by atoms with Crippen LogP contribution < -0.4 is 4.90 Å². The van der Waals surface area contributed by atoms with Crippen molar-refractivity contribution in [1.82, 2.24) is 20.6 Å². The summed E-state index contributed by atoms with van der Waals surface area (Å²) in [7, 11) is 0. The number of fused-ring (bicyclic) bond motifs is 2. The van der Waals surface area contributed by atoms with Crippen LogP contribution in [0.1, 0.15) is 32.1 Å². The fraction of sp³-hybridized carbons (Fsp3) is 0.875. The van der Waals surface area contributed by atoms with Crippen LogP contribution in [0.2, 0.25) is 0 Å². The Hall–Kier alpha value is -1.13. The molecule has 3 heterocycles. The molecule has 0 saturated carbocycles. The van der Waals surface area contributed by atoms with Gasteiger partial charge in [0.2, 0.25) is 0 Å². The van der Waals surface area contributed by atoms with Crippen molar-refractivity contribution in [2.45, 2.75) is 44.2 Å². The Balaban J connectivity index is 1.91. The minimum Gasteiger partial charge on any atom is -0.332 e. The highest BCUT2D eigenvalue weighted by Gasteiger charge is 2.38. The van der Waals surface area contributed by atoms with Crippen LogP contribution in [0.25, 0.3) is 0 Å². The highest BCUT2D eigenvalue weighted by Crippen LogP contribution is 2.37. The van der Waals surface area contributed by atoms with Gasteiger partial charge in [0.25, 0.3) is 5.95 Å². The Kier molecular flexibility index (Phi) is 1.50. The predicted molar refractivity (Wildman–Crippen MR) is 47.3 cm³/mol. The summed E-state index contributed by atoms with van der Waals surface area (Å²) in [6.45, 7) is 0. The second kappa shape index (κ2) is 2.68. The average molecular weight is 179 g/mol. The third kappa shape index (κ3) is 1.03. The fourth-order valence-corrected chi connectivity index (χ4v) is 2.71. The quantitative estimate of drug-likeness (QED) is 0.690. The Morgan fingerprint density at radius 3 is 2.54 bits per heavy atom. The van der Waals surface area contributed by atoms with E-state index in [0.717, 1.165) is 5.95 Å². The molecule has 1 aromatic heterocycles. The number of tetrazole rings is 1. The zero-order valence-corrected chi connectivity index (χ0v) is 7.48. The van der Waals surface area contributed by atoms with Crippen LogP contribution in [-0.4, -0.2) is 32.7 Å². The van der Waals surface area contributed by atoms with E-state index in [9.17, 15) is 0 Å². The van der Waals surface area contributed by atoms with Crippen molar-refractivity contribution in [1.29, 1.82) is 0 Å². The van der Waals surface area contributed by atoms with Gasteiger partial charge in [-0.3, -0.25) is 0 Å². The van der Waals surface area contributed by atoms with Gasteiger partial charge in [0.15, 0.2) is 0 Å². The Morgan fingerprint density at radius 1 is 1.15 bits per heavy atom. The van der Waals surface area contributed by atoms with Gasteiger partial charge < -0.3 is 4.90 Å². The summed E-state index contributed by atoms with van der Waals surface area (Å²) < 4.78 is 0. The van der Waals surface area contributed by atoms with E-state index in [0.29, 0.717) is 12.1 Å². The number of aromatic amines is 1. The van der Waals surface area contributed by atoms with E-state index in [1.165, 1.54) is 32.1 Å². The predicted octanol–water partition coefficient (Wildman–Crippen LogP) is 0.721. The SMILES string of the molecule is C1CC2CCC(C1)N2c1nn[nH]n1. The van der Waals surface area contributed by atoms with E-state index in [4.69, 9.17) is 0 Å². The average Bonchev–Trinajstić information content (AvgIpc) is 2.72. The second-order valence-electron chi connectivity index (χ2n) is 3.93. The van der Waals surface area contributed by atoms with Gasteiger partial charge in [-0.05, 0) is 37.3 Å². The summed E-state index contributed by atoms with van der Waals surface area (Å²) in [4.78, 5) is 2.35. The maximum atomic E-state index is 4.06. The molecule has 2 aliphatic rings. The van der Waals surface area contributed by atoms with Gasteiger partial charge in [0.1, 0.15) is 0 Å². The number of nitrogens with one attached hydrogen (secondary N) is 1. The Morgan fingerprint density at radius 2 is 1.92 bits per heavy atom. The fourth-order valence-electron chi connectivity index (χ4n) is 2.71. The lowest BCUT2D eigenvalue weighted by Gasteiger charge is -2.33. The smallest absolute Gasteiger partial charge is 0.266 e. The molecule has 2 fully saturated rings. The number of nitrogens with zero attached hydrogens (tertiary/aromatic N) is 4. The van der Waals surface area contributed by atoms with Crippen LogP contribution in [-0.2, 0) is 0 Å². The first-order chi connectivity index (χ1) is 6.45. The van der Waals surface area contributed by atoms with Crippen LogP contribution in [0.4, 0.5) is 5.95 Å². The van der Waals surface area contributed by atoms with Crippen LogP contribution >= 0.6 is 0 Å². The first-order valence-corrected chi connectivity index (χ1v) is 4.97. The van der Waals surface area contributed by atoms with E-state index in [-0.39, 0.29) is 0 Å². The summed E-state index contributed by atoms with van der Waals surface area (Å²) in [6.07, 6.45) is 6.57. The lowest BCUT2D eigenvalue weighted by Crippen LogP contribution is -2.40. The van der Waals surface area contributed by atoms with Crippen LogP contribution in [0.3, 0.4) is 0 Å². The first kappa shape index (κ1) is 7.29. The normalized spacial score (nSPS) is 32.5. The summed E-state index contributed by atoms with van der Waals surface area (Å²) in [5.74, 6) is 0.798. The second-order valence-corrected chi connectivity index (χ2v) is 3.93. The first-order valence-electron chi connectivity index (χ1n) is 4.97. The van der Waals surface area contributed by atoms with Crippen molar-refractivity contribution in [2.24, 2.45) is 0 Å². The number of hydrogen-bond acceptors (Lipinski definition) is 4. The number of piperidine rings is 1. The molecule has 0 amide bonds. The van der Waals surface area contributed by atoms with Crippen molar-refractivity contribution in [3.05, 3.63) is 0 Å². The molecule has 0 aromatic carbocycles. The minimum atomic E-state index is 0.677. The molecule has 0 spiro atoms. The van der Waals surface area contributed by atoms with Crippen molar-refractivity contribution in [2.75, 3.05) is 4.90 Å². The third-order valence-electron chi connectivity index (χ3n) is 3.26. The topological polar surface area (TPSA) is 57.7 Å². The summed E-state index contributed by atoms with van der Waals surface area (Å²) in [5, 5.41) is 14.3. The van der Waals surface area contributed by atoms with E-state index in [1.807, 2.05) is 0 Å². The van der Waals surface area contributed by atoms with Crippen LogP contribution in [0.5, 0.6) is 0 Å². The van der Waals surface area contributed by atoms with Crippen LogP contribution in [0.15, 0.2) is 0 Å². The number of H-pyrrole nitrogens is 1. The van der Waals surface area contributed by atoms with Gasteiger partial charge in [-0.1, -0.05) is 5.10 Å². The molecule has 2 bridgehead atoms. The van der Waals surface area contributed by atoms with Crippen molar-refractivity contribution < 1.29 is 0 Å². The third-order valence-corrected chi connectivity index (χ3v) is 3.26. The van der Waals surface area contributed by atoms with Gasteiger partial charge >= 0.3 is 0 Å². The number of rotatable bonds is 1. The number of hydrogen-bond donors (Lipinski definition) is 1. The molecule has 1 aromatic rings. The van der Waals surface area contributed by atoms with Crippen LogP contribution in [0, 0.1) is 0 Å². The lowest BCUT2D eigenvalue weighted by molar-refractivity contribution is 0.460. The molecule has 5 heteroatoms. The minimum absolute atomic E-state index is 0.677. The molecule has 0 aliphatic carbocycles. The molecule has 13 heavy (non-hydrogen) atoms. The summed E-state index contributed by atoms with van der Waals surface area (Å²) >= 11 is 0. The van der Waals surface area contributed by atoms with E-state index in [2.05, 4.69) is 25.5 Å². The molecule has 0 radical (unpaired) electrons. The number of anilines is 1. The number of aromatic nitrogens is 4. The molecule has 1 N–H and O–H groups in total. The van der Waals surface area contributed by atoms with E-state index < -0.39 is 0 Å². The van der Waals surface area contributed by atoms with Gasteiger partial charge in [-0.25, -0.2) is 0 Å². The van der Waals surface area contributed by atoms with E-state index >= 15 is 0 Å². The molecule has 70 valence electrons. The molecule has 2 aliphatic heterocycles. The Bertz CT molecular complexity index is 267. The van der Waals surface area contributed by atoms with Gasteiger partial charge in [0, 0.05) is 12.1 Å². The zero-order valence-electron chi connectivity index (χ0n) is 7.48. The monoisotopic (exact) mass is 179 g/mol. The highest BCUT2D eigenvalue weighted by molar-refractivity contribution is 5.34.